The van der Waals surface area contributed by atoms with Crippen LogP contribution < -0.4 is 4.74 Å². The van der Waals surface area contributed by atoms with Crippen LogP contribution in [-0.2, 0) is 9.53 Å². The molecule has 0 aliphatic rings. The van der Waals surface area contributed by atoms with Crippen molar-refractivity contribution < 1.29 is 19.2 Å². The van der Waals surface area contributed by atoms with E-state index in [1.807, 2.05) is 0 Å². The molecule has 0 heterocycles. The Balaban J connectivity index is 2.89. The molecule has 1 aromatic carbocycles. The minimum Gasteiger partial charge on any atom is -0.486 e. The summed E-state index contributed by atoms with van der Waals surface area (Å²) in [5.41, 5.74) is -0.208. The van der Waals surface area contributed by atoms with Crippen LogP contribution in [0.25, 0.3) is 0 Å². The highest BCUT2D eigenvalue weighted by Gasteiger charge is 2.30. The Kier molecular flexibility index (Phi) is 4.47. The minimum atomic E-state index is -0.868. The molecule has 0 aromatic heterocycles. The van der Waals surface area contributed by atoms with Gasteiger partial charge in [-0.15, -0.1) is 0 Å². The molecule has 0 N–H and O–H groups in total. The lowest BCUT2D eigenvalue weighted by molar-refractivity contribution is -0.386. The van der Waals surface area contributed by atoms with E-state index in [2.05, 4.69) is 4.74 Å². The first-order valence-electron chi connectivity index (χ1n) is 5.74. The van der Waals surface area contributed by atoms with E-state index in [0.717, 1.165) is 5.56 Å². The Bertz CT molecular complexity index is 496. The second-order valence-electron chi connectivity index (χ2n) is 4.89. The normalized spacial score (nSPS) is 10.9. The molecule has 0 aliphatic heterocycles. The minimum absolute atomic E-state index is 0.00355. The van der Waals surface area contributed by atoms with Crippen molar-refractivity contribution in [2.45, 2.75) is 20.8 Å². The van der Waals surface area contributed by atoms with Crippen molar-refractivity contribution in [2.24, 2.45) is 5.41 Å². The van der Waals surface area contributed by atoms with E-state index in [-0.39, 0.29) is 18.0 Å². The summed E-state index contributed by atoms with van der Waals surface area (Å²) in [4.78, 5) is 21.9. The third-order valence-corrected chi connectivity index (χ3v) is 2.64. The Hall–Kier alpha value is -2.11. The van der Waals surface area contributed by atoms with Gasteiger partial charge in [-0.2, -0.15) is 0 Å². The Labute approximate surface area is 111 Å². The average Bonchev–Trinajstić information content (AvgIpc) is 2.36. The zero-order chi connectivity index (χ0) is 14.6. The first-order chi connectivity index (χ1) is 8.77. The molecule has 104 valence electrons. The largest absolute Gasteiger partial charge is 0.486 e. The third kappa shape index (κ3) is 3.67. The number of aryl methyl sites for hydroxylation is 1. The van der Waals surface area contributed by atoms with Gasteiger partial charge in [-0.1, -0.05) is 6.07 Å². The molecule has 0 amide bonds. The van der Waals surface area contributed by atoms with Crippen molar-refractivity contribution in [3.05, 3.63) is 33.9 Å². The Morgan fingerprint density at radius 3 is 2.58 bits per heavy atom. The molecule has 0 fully saturated rings. The highest BCUT2D eigenvalue weighted by Crippen LogP contribution is 2.29. The van der Waals surface area contributed by atoms with Crippen LogP contribution in [0, 0.1) is 22.5 Å². The molecule has 0 atom stereocenters. The zero-order valence-corrected chi connectivity index (χ0v) is 11.4. The Morgan fingerprint density at radius 1 is 1.42 bits per heavy atom. The standard InChI is InChI=1S/C13H17NO5/c1-9-5-6-11(10(7-9)14(16)17)19-8-13(2,3)12(15)18-4/h5-7H,8H2,1-4H3. The molecule has 6 heteroatoms. The van der Waals surface area contributed by atoms with Gasteiger partial charge in [-0.05, 0) is 32.4 Å². The highest BCUT2D eigenvalue weighted by molar-refractivity contribution is 5.75. The fraction of sp³-hybridized carbons (Fsp3) is 0.462. The molecule has 1 rings (SSSR count). The summed E-state index contributed by atoms with van der Waals surface area (Å²) in [5.74, 6) is -0.283. The number of rotatable bonds is 5. The van der Waals surface area contributed by atoms with Gasteiger partial charge < -0.3 is 9.47 Å². The van der Waals surface area contributed by atoms with Crippen LogP contribution in [0.3, 0.4) is 0 Å². The summed E-state index contributed by atoms with van der Waals surface area (Å²) in [6.45, 7) is 5.07. The summed E-state index contributed by atoms with van der Waals surface area (Å²) in [6, 6.07) is 4.68. The first-order valence-corrected chi connectivity index (χ1v) is 5.74. The van der Waals surface area contributed by atoms with Crippen LogP contribution in [0.15, 0.2) is 18.2 Å². The summed E-state index contributed by atoms with van der Waals surface area (Å²) < 4.78 is 10.0. The number of nitro benzene ring substituents is 1. The number of carbonyl (C=O) groups is 1. The van der Waals surface area contributed by atoms with Crippen LogP contribution in [0.5, 0.6) is 5.75 Å². The predicted molar refractivity (Wildman–Crippen MR) is 69.1 cm³/mol. The van der Waals surface area contributed by atoms with Crippen LogP contribution in [0.2, 0.25) is 0 Å². The number of nitrogens with zero attached hydrogens (tertiary/aromatic N) is 1. The van der Waals surface area contributed by atoms with E-state index in [0.29, 0.717) is 0 Å². The average molecular weight is 267 g/mol. The molecule has 6 nitrogen and oxygen atoms in total. The third-order valence-electron chi connectivity index (χ3n) is 2.64. The second-order valence-corrected chi connectivity index (χ2v) is 4.89. The van der Waals surface area contributed by atoms with Crippen molar-refractivity contribution in [1.82, 2.24) is 0 Å². The number of hydrogen-bond donors (Lipinski definition) is 0. The van der Waals surface area contributed by atoms with E-state index < -0.39 is 16.3 Å². The van der Waals surface area contributed by atoms with E-state index in [1.165, 1.54) is 19.2 Å². The van der Waals surface area contributed by atoms with Gasteiger partial charge in [0.05, 0.1) is 17.4 Å². The van der Waals surface area contributed by atoms with Gasteiger partial charge >= 0.3 is 11.7 Å². The molecule has 0 saturated heterocycles. The number of carbonyl (C=O) groups excluding carboxylic acids is 1. The lowest BCUT2D eigenvalue weighted by Crippen LogP contribution is -2.32. The monoisotopic (exact) mass is 267 g/mol. The lowest BCUT2D eigenvalue weighted by atomic mass is 9.95. The number of esters is 1. The van der Waals surface area contributed by atoms with Crippen molar-refractivity contribution >= 4 is 11.7 Å². The van der Waals surface area contributed by atoms with Crippen LogP contribution in [0.4, 0.5) is 5.69 Å². The van der Waals surface area contributed by atoms with Gasteiger partial charge in [-0.3, -0.25) is 14.9 Å². The smallest absolute Gasteiger partial charge is 0.314 e. The zero-order valence-electron chi connectivity index (χ0n) is 11.4. The van der Waals surface area contributed by atoms with E-state index in [1.54, 1.807) is 26.8 Å². The predicted octanol–water partition coefficient (Wildman–Crippen LogP) is 2.48. The van der Waals surface area contributed by atoms with Gasteiger partial charge in [-0.25, -0.2) is 0 Å². The number of nitro groups is 1. The summed E-state index contributed by atoms with van der Waals surface area (Å²) in [6.07, 6.45) is 0. The molecular weight excluding hydrogens is 250 g/mol. The molecule has 1 aromatic rings. The number of benzene rings is 1. The Morgan fingerprint density at radius 2 is 2.05 bits per heavy atom. The molecule has 0 saturated carbocycles. The van der Waals surface area contributed by atoms with Gasteiger partial charge in [0, 0.05) is 6.07 Å². The topological polar surface area (TPSA) is 78.7 Å². The van der Waals surface area contributed by atoms with Gasteiger partial charge in [0.25, 0.3) is 0 Å². The quantitative estimate of drug-likeness (QED) is 0.465. The number of methoxy groups -OCH3 is 1. The van der Waals surface area contributed by atoms with Crippen LogP contribution in [-0.4, -0.2) is 24.6 Å². The molecule has 0 radical (unpaired) electrons. The van der Waals surface area contributed by atoms with E-state index >= 15 is 0 Å². The maximum atomic E-state index is 11.5. The van der Waals surface area contributed by atoms with Crippen molar-refractivity contribution in [1.29, 1.82) is 0 Å². The molecule has 0 bridgehead atoms. The summed E-state index contributed by atoms with van der Waals surface area (Å²) >= 11 is 0. The first kappa shape index (κ1) is 14.9. The molecular formula is C13H17NO5. The fourth-order valence-electron chi connectivity index (χ4n) is 1.49. The van der Waals surface area contributed by atoms with Gasteiger partial charge in [0.2, 0.25) is 0 Å². The molecule has 0 unspecified atom stereocenters. The maximum Gasteiger partial charge on any atom is 0.314 e. The highest BCUT2D eigenvalue weighted by atomic mass is 16.6. The van der Waals surface area contributed by atoms with E-state index in [9.17, 15) is 14.9 Å². The molecule has 19 heavy (non-hydrogen) atoms. The van der Waals surface area contributed by atoms with Crippen LogP contribution >= 0.6 is 0 Å². The summed E-state index contributed by atoms with van der Waals surface area (Å²) in [7, 11) is 1.29. The fourth-order valence-corrected chi connectivity index (χ4v) is 1.49. The van der Waals surface area contributed by atoms with Crippen molar-refractivity contribution in [3.63, 3.8) is 0 Å². The number of hydrogen-bond acceptors (Lipinski definition) is 5. The molecule has 0 aliphatic carbocycles. The maximum absolute atomic E-state index is 11.5. The van der Waals surface area contributed by atoms with E-state index in [4.69, 9.17) is 4.74 Å². The van der Waals surface area contributed by atoms with Crippen molar-refractivity contribution in [3.8, 4) is 5.75 Å². The van der Waals surface area contributed by atoms with Crippen LogP contribution in [0.1, 0.15) is 19.4 Å². The van der Waals surface area contributed by atoms with Gasteiger partial charge in [0.1, 0.15) is 6.61 Å². The van der Waals surface area contributed by atoms with Gasteiger partial charge in [0.15, 0.2) is 5.75 Å². The second kappa shape index (κ2) is 5.69. The van der Waals surface area contributed by atoms with Crippen molar-refractivity contribution in [2.75, 3.05) is 13.7 Å². The SMILES string of the molecule is COC(=O)C(C)(C)COc1ccc(C)cc1[N+](=O)[O-]. The molecule has 0 spiro atoms. The lowest BCUT2D eigenvalue weighted by Gasteiger charge is -2.21. The number of ether oxygens (including phenoxy) is 2. The summed E-state index contributed by atoms with van der Waals surface area (Å²) in [5, 5.41) is 10.9.